The summed E-state index contributed by atoms with van der Waals surface area (Å²) in [6, 6.07) is 10.5. The van der Waals surface area contributed by atoms with E-state index in [2.05, 4.69) is 48.7 Å². The number of benzene rings is 1. The van der Waals surface area contributed by atoms with Crippen LogP contribution in [0.1, 0.15) is 31.5 Å². The Labute approximate surface area is 144 Å². The highest BCUT2D eigenvalue weighted by Gasteiger charge is 2.21. The Balaban J connectivity index is 2.04. The fourth-order valence-electron chi connectivity index (χ4n) is 3.53. The lowest BCUT2D eigenvalue weighted by Crippen LogP contribution is -3.11. The number of nitrogens with one attached hydrogen (secondary N) is 1. The van der Waals surface area contributed by atoms with Crippen LogP contribution in [0, 0.1) is 4.64 Å². The van der Waals surface area contributed by atoms with Gasteiger partial charge in [0.1, 0.15) is 10.5 Å². The first-order chi connectivity index (χ1) is 11.2. The van der Waals surface area contributed by atoms with Gasteiger partial charge in [0.2, 0.25) is 0 Å². The van der Waals surface area contributed by atoms with Gasteiger partial charge in [-0.25, -0.2) is 4.98 Å². The van der Waals surface area contributed by atoms with Crippen molar-refractivity contribution in [3.8, 4) is 11.4 Å². The van der Waals surface area contributed by atoms with Crippen molar-refractivity contribution in [3.05, 3.63) is 46.2 Å². The second kappa shape index (κ2) is 7.37. The SMILES string of the molecule is CC[NH+](CC)CCn1c(-c2ccccc2)nc(=S)c2c1CCC2. The number of aromatic nitrogens is 2. The van der Waals surface area contributed by atoms with Crippen molar-refractivity contribution >= 4 is 12.2 Å². The molecule has 122 valence electrons. The number of hydrogen-bond acceptors (Lipinski definition) is 2. The first-order valence-electron chi connectivity index (χ1n) is 8.76. The summed E-state index contributed by atoms with van der Waals surface area (Å²) >= 11 is 5.58. The van der Waals surface area contributed by atoms with Gasteiger partial charge in [0.05, 0.1) is 26.2 Å². The Morgan fingerprint density at radius 1 is 1.13 bits per heavy atom. The maximum atomic E-state index is 5.58. The van der Waals surface area contributed by atoms with Gasteiger partial charge in [0, 0.05) is 16.8 Å². The molecular formula is C19H26N3S+. The van der Waals surface area contributed by atoms with Gasteiger partial charge >= 0.3 is 0 Å². The van der Waals surface area contributed by atoms with Crippen molar-refractivity contribution in [1.29, 1.82) is 0 Å². The third-order valence-corrected chi connectivity index (χ3v) is 5.29. The van der Waals surface area contributed by atoms with Crippen molar-refractivity contribution < 1.29 is 4.90 Å². The first kappa shape index (κ1) is 16.3. The molecule has 2 aromatic rings. The van der Waals surface area contributed by atoms with Crippen LogP contribution in [0.15, 0.2) is 30.3 Å². The van der Waals surface area contributed by atoms with Gasteiger partial charge in [0.15, 0.2) is 0 Å². The molecule has 1 heterocycles. The summed E-state index contributed by atoms with van der Waals surface area (Å²) < 4.78 is 3.25. The van der Waals surface area contributed by atoms with Gasteiger partial charge in [-0.15, -0.1) is 0 Å². The number of rotatable bonds is 6. The second-order valence-electron chi connectivity index (χ2n) is 6.24. The van der Waals surface area contributed by atoms with E-state index >= 15 is 0 Å². The normalized spacial score (nSPS) is 13.5. The zero-order valence-electron chi connectivity index (χ0n) is 14.1. The van der Waals surface area contributed by atoms with E-state index in [4.69, 9.17) is 17.2 Å². The molecule has 1 aliphatic rings. The Morgan fingerprint density at radius 2 is 1.87 bits per heavy atom. The third-order valence-electron chi connectivity index (χ3n) is 4.96. The first-order valence-corrected chi connectivity index (χ1v) is 9.17. The van der Waals surface area contributed by atoms with E-state index < -0.39 is 0 Å². The van der Waals surface area contributed by atoms with Gasteiger partial charge < -0.3 is 9.47 Å². The average molecular weight is 329 g/mol. The fourth-order valence-corrected chi connectivity index (χ4v) is 3.84. The van der Waals surface area contributed by atoms with Crippen molar-refractivity contribution in [2.75, 3.05) is 19.6 Å². The highest BCUT2D eigenvalue weighted by Crippen LogP contribution is 2.27. The minimum atomic E-state index is 0.808. The summed E-state index contributed by atoms with van der Waals surface area (Å²) in [6.07, 6.45) is 3.43. The smallest absolute Gasteiger partial charge is 0.141 e. The molecule has 1 N–H and O–H groups in total. The van der Waals surface area contributed by atoms with Crippen molar-refractivity contribution in [3.63, 3.8) is 0 Å². The van der Waals surface area contributed by atoms with Gasteiger partial charge in [0.25, 0.3) is 0 Å². The van der Waals surface area contributed by atoms with E-state index in [1.165, 1.54) is 36.3 Å². The van der Waals surface area contributed by atoms with E-state index in [9.17, 15) is 0 Å². The van der Waals surface area contributed by atoms with Crippen LogP contribution in [0.2, 0.25) is 0 Å². The van der Waals surface area contributed by atoms with Crippen molar-refractivity contribution in [2.24, 2.45) is 0 Å². The van der Waals surface area contributed by atoms with Crippen LogP contribution in [0.4, 0.5) is 0 Å². The zero-order chi connectivity index (χ0) is 16.2. The van der Waals surface area contributed by atoms with E-state index in [-0.39, 0.29) is 0 Å². The predicted molar refractivity (Wildman–Crippen MR) is 97.4 cm³/mol. The molecule has 3 rings (SSSR count). The molecule has 0 bridgehead atoms. The highest BCUT2D eigenvalue weighted by molar-refractivity contribution is 7.71. The Kier molecular flexibility index (Phi) is 5.23. The highest BCUT2D eigenvalue weighted by atomic mass is 32.1. The van der Waals surface area contributed by atoms with Crippen LogP contribution in [0.5, 0.6) is 0 Å². The average Bonchev–Trinajstić information content (AvgIpc) is 3.08. The summed E-state index contributed by atoms with van der Waals surface area (Å²) in [4.78, 5) is 6.44. The number of nitrogens with zero attached hydrogens (tertiary/aromatic N) is 2. The summed E-state index contributed by atoms with van der Waals surface area (Å²) in [6.45, 7) is 9.03. The van der Waals surface area contributed by atoms with Gasteiger partial charge in [-0.05, 0) is 33.1 Å². The van der Waals surface area contributed by atoms with E-state index in [1.807, 2.05) is 0 Å². The predicted octanol–water partition coefficient (Wildman–Crippen LogP) is 2.69. The van der Waals surface area contributed by atoms with Gasteiger partial charge in [-0.1, -0.05) is 42.5 Å². The van der Waals surface area contributed by atoms with E-state index in [0.717, 1.165) is 36.4 Å². The Hall–Kier alpha value is -1.52. The van der Waals surface area contributed by atoms with Crippen LogP contribution >= 0.6 is 12.2 Å². The van der Waals surface area contributed by atoms with Crippen LogP contribution in [-0.4, -0.2) is 29.2 Å². The summed E-state index contributed by atoms with van der Waals surface area (Å²) in [5.41, 5.74) is 3.91. The molecule has 0 amide bonds. The van der Waals surface area contributed by atoms with Gasteiger partial charge in [-0.2, -0.15) is 0 Å². The number of fused-ring (bicyclic) bond motifs is 1. The maximum Gasteiger partial charge on any atom is 0.141 e. The minimum Gasteiger partial charge on any atom is -0.334 e. The lowest BCUT2D eigenvalue weighted by Gasteiger charge is -2.21. The Morgan fingerprint density at radius 3 is 2.57 bits per heavy atom. The van der Waals surface area contributed by atoms with Crippen LogP contribution in [0.25, 0.3) is 11.4 Å². The maximum absolute atomic E-state index is 5.58. The molecule has 0 radical (unpaired) electrons. The minimum absolute atomic E-state index is 0.808. The molecule has 0 aliphatic heterocycles. The summed E-state index contributed by atoms with van der Waals surface area (Å²) in [7, 11) is 0. The molecule has 1 aliphatic carbocycles. The van der Waals surface area contributed by atoms with Gasteiger partial charge in [-0.3, -0.25) is 0 Å². The molecule has 23 heavy (non-hydrogen) atoms. The summed E-state index contributed by atoms with van der Waals surface area (Å²) in [5, 5.41) is 0. The topological polar surface area (TPSA) is 22.3 Å². The molecule has 3 nitrogen and oxygen atoms in total. The molecule has 0 unspecified atom stereocenters. The monoisotopic (exact) mass is 328 g/mol. The van der Waals surface area contributed by atoms with Crippen LogP contribution in [-0.2, 0) is 19.4 Å². The zero-order valence-corrected chi connectivity index (χ0v) is 15.0. The quantitative estimate of drug-likeness (QED) is 0.824. The van der Waals surface area contributed by atoms with Crippen molar-refractivity contribution in [2.45, 2.75) is 39.7 Å². The third kappa shape index (κ3) is 3.38. The largest absolute Gasteiger partial charge is 0.334 e. The second-order valence-corrected chi connectivity index (χ2v) is 6.63. The van der Waals surface area contributed by atoms with Crippen LogP contribution in [0.3, 0.4) is 0 Å². The number of likely N-dealkylation sites (N-methyl/N-ethyl adjacent to an activating group) is 1. The molecule has 0 atom stereocenters. The molecule has 1 aromatic heterocycles. The van der Waals surface area contributed by atoms with E-state index in [1.54, 1.807) is 4.90 Å². The number of hydrogen-bond donors (Lipinski definition) is 1. The molecule has 1 aromatic carbocycles. The molecule has 0 fully saturated rings. The lowest BCUT2D eigenvalue weighted by molar-refractivity contribution is -0.897. The van der Waals surface area contributed by atoms with Crippen LogP contribution < -0.4 is 4.90 Å². The standard InChI is InChI=1S/C19H25N3S/c1-3-21(4-2)13-14-22-17-12-8-11-16(17)19(23)20-18(22)15-9-6-5-7-10-15/h5-7,9-10H,3-4,8,11-14H2,1-2H3/p+1. The van der Waals surface area contributed by atoms with Crippen molar-refractivity contribution in [1.82, 2.24) is 9.55 Å². The molecule has 0 saturated heterocycles. The number of quaternary nitrogens is 1. The molecule has 4 heteroatoms. The van der Waals surface area contributed by atoms with E-state index in [0.29, 0.717) is 0 Å². The molecular weight excluding hydrogens is 302 g/mol. The summed E-state index contributed by atoms with van der Waals surface area (Å²) in [5.74, 6) is 1.04. The Bertz CT molecular complexity index is 717. The molecule has 0 spiro atoms. The molecule has 0 saturated carbocycles. The fraction of sp³-hybridized carbons (Fsp3) is 0.474. The lowest BCUT2D eigenvalue weighted by atomic mass is 10.1.